The zero-order valence-corrected chi connectivity index (χ0v) is 8.67. The Labute approximate surface area is 92.0 Å². The second-order valence-electron chi connectivity index (χ2n) is 3.99. The zero-order valence-electron chi connectivity index (χ0n) is 8.67. The molecular weight excluding hydrogens is 212 g/mol. The lowest BCUT2D eigenvalue weighted by Crippen LogP contribution is -2.33. The molecule has 0 aliphatic heterocycles. The Morgan fingerprint density at radius 1 is 1.44 bits per heavy atom. The summed E-state index contributed by atoms with van der Waals surface area (Å²) in [6.45, 7) is -0.877. The van der Waals surface area contributed by atoms with Crippen LogP contribution in [-0.2, 0) is 17.0 Å². The molecule has 1 aromatic rings. The van der Waals surface area contributed by atoms with Gasteiger partial charge in [-0.1, -0.05) is 12.1 Å². The lowest BCUT2D eigenvalue weighted by molar-refractivity contribution is 0.250. The predicted octanol–water partition coefficient (Wildman–Crippen LogP) is 3.01. The fourth-order valence-corrected chi connectivity index (χ4v) is 2.17. The Hall–Kier alpha value is -1.54. The molecule has 16 heavy (non-hydrogen) atoms. The summed E-state index contributed by atoms with van der Waals surface area (Å²) >= 11 is 0. The van der Waals surface area contributed by atoms with Crippen molar-refractivity contribution in [3.63, 3.8) is 0 Å². The molecule has 0 heterocycles. The van der Waals surface area contributed by atoms with E-state index in [9.17, 15) is 13.6 Å². The van der Waals surface area contributed by atoms with Crippen molar-refractivity contribution < 1.29 is 13.6 Å². The molecule has 0 N–H and O–H groups in total. The molecule has 84 valence electrons. The van der Waals surface area contributed by atoms with Gasteiger partial charge in [0.15, 0.2) is 0 Å². The molecule has 1 aliphatic rings. The third-order valence-electron chi connectivity index (χ3n) is 3.19. The normalized spacial score (nSPS) is 17.4. The number of hydrogen-bond donors (Lipinski definition) is 0. The van der Waals surface area contributed by atoms with E-state index in [0.717, 1.165) is 6.42 Å². The highest BCUT2D eigenvalue weighted by molar-refractivity contribution is 5.42. The van der Waals surface area contributed by atoms with Gasteiger partial charge in [0.05, 0.1) is 5.54 Å². The minimum Gasteiger partial charge on any atom is -0.246 e. The maximum absolute atomic E-state index is 13.4. The van der Waals surface area contributed by atoms with Crippen molar-refractivity contribution in [2.75, 3.05) is 0 Å². The quantitative estimate of drug-likeness (QED) is 0.572. The molecule has 0 bridgehead atoms. The maximum atomic E-state index is 13.4. The van der Waals surface area contributed by atoms with Crippen LogP contribution in [0.5, 0.6) is 0 Å². The Kier molecular flexibility index (Phi) is 2.84. The molecular formula is C12H11F2NO. The third-order valence-corrected chi connectivity index (χ3v) is 3.19. The molecule has 1 fully saturated rings. The van der Waals surface area contributed by atoms with Crippen LogP contribution in [0, 0.1) is 5.82 Å². The highest BCUT2D eigenvalue weighted by Gasteiger charge is 2.40. The second-order valence-corrected chi connectivity index (χ2v) is 3.99. The minimum absolute atomic E-state index is 0.0150. The summed E-state index contributed by atoms with van der Waals surface area (Å²) in [7, 11) is 0. The number of benzene rings is 1. The molecule has 0 unspecified atom stereocenters. The zero-order chi connectivity index (χ0) is 11.6. The highest BCUT2D eigenvalue weighted by Crippen LogP contribution is 2.46. The number of isocyanates is 1. The smallest absolute Gasteiger partial charge is 0.235 e. The van der Waals surface area contributed by atoms with Crippen molar-refractivity contribution in [1.29, 1.82) is 0 Å². The van der Waals surface area contributed by atoms with Crippen molar-refractivity contribution in [3.05, 3.63) is 35.1 Å². The average Bonchev–Trinajstić information content (AvgIpc) is 2.23. The van der Waals surface area contributed by atoms with Crippen LogP contribution in [-0.4, -0.2) is 6.08 Å². The highest BCUT2D eigenvalue weighted by atomic mass is 19.1. The van der Waals surface area contributed by atoms with Crippen LogP contribution in [0.15, 0.2) is 23.2 Å². The molecule has 0 aromatic heterocycles. The molecule has 1 aromatic carbocycles. The van der Waals surface area contributed by atoms with Gasteiger partial charge in [0.1, 0.15) is 12.5 Å². The van der Waals surface area contributed by atoms with Crippen LogP contribution < -0.4 is 0 Å². The molecule has 0 saturated heterocycles. The van der Waals surface area contributed by atoms with E-state index < -0.39 is 18.0 Å². The first-order chi connectivity index (χ1) is 7.73. The van der Waals surface area contributed by atoms with Gasteiger partial charge < -0.3 is 0 Å². The summed E-state index contributed by atoms with van der Waals surface area (Å²) in [5.74, 6) is -0.577. The number of nitrogens with zero attached hydrogens (tertiary/aromatic N) is 1. The Balaban J connectivity index is 2.54. The second kappa shape index (κ2) is 4.14. The van der Waals surface area contributed by atoms with Crippen molar-refractivity contribution in [2.45, 2.75) is 31.5 Å². The fourth-order valence-electron chi connectivity index (χ4n) is 2.17. The van der Waals surface area contributed by atoms with E-state index in [0.29, 0.717) is 18.4 Å². The summed E-state index contributed by atoms with van der Waals surface area (Å²) in [6, 6.07) is 4.37. The van der Waals surface area contributed by atoms with Crippen molar-refractivity contribution in [2.24, 2.45) is 4.99 Å². The summed E-state index contributed by atoms with van der Waals surface area (Å²) in [6.07, 6.45) is 3.72. The van der Waals surface area contributed by atoms with Crippen LogP contribution >= 0.6 is 0 Å². The number of halogens is 2. The minimum atomic E-state index is -0.877. The summed E-state index contributed by atoms with van der Waals surface area (Å²) in [5.41, 5.74) is -0.226. The molecule has 2 nitrogen and oxygen atoms in total. The van der Waals surface area contributed by atoms with Gasteiger partial charge >= 0.3 is 0 Å². The predicted molar refractivity (Wildman–Crippen MR) is 54.9 cm³/mol. The van der Waals surface area contributed by atoms with E-state index >= 15 is 0 Å². The van der Waals surface area contributed by atoms with E-state index in [1.165, 1.54) is 18.2 Å². The van der Waals surface area contributed by atoms with Gasteiger partial charge in [-0.05, 0) is 30.9 Å². The van der Waals surface area contributed by atoms with E-state index in [2.05, 4.69) is 4.99 Å². The Bertz CT molecular complexity index is 448. The molecule has 2 rings (SSSR count). The van der Waals surface area contributed by atoms with Gasteiger partial charge in [-0.2, -0.15) is 4.99 Å². The van der Waals surface area contributed by atoms with E-state index in [4.69, 9.17) is 0 Å². The van der Waals surface area contributed by atoms with Gasteiger partial charge in [-0.3, -0.25) is 0 Å². The lowest BCUT2D eigenvalue weighted by atomic mass is 9.71. The Morgan fingerprint density at radius 3 is 2.69 bits per heavy atom. The molecule has 0 amide bonds. The average molecular weight is 223 g/mol. The van der Waals surface area contributed by atoms with Gasteiger partial charge in [0.25, 0.3) is 0 Å². The van der Waals surface area contributed by atoms with Gasteiger partial charge in [0.2, 0.25) is 6.08 Å². The Morgan fingerprint density at radius 2 is 2.19 bits per heavy atom. The first-order valence-electron chi connectivity index (χ1n) is 5.16. The summed E-state index contributed by atoms with van der Waals surface area (Å²) < 4.78 is 26.2. The number of carbonyl (C=O) groups excluding carboxylic acids is 1. The fraction of sp³-hybridized carbons (Fsp3) is 0.417. The first kappa shape index (κ1) is 11.0. The number of rotatable bonds is 3. The lowest BCUT2D eigenvalue weighted by Gasteiger charge is -2.38. The van der Waals surface area contributed by atoms with Crippen molar-refractivity contribution in [1.82, 2.24) is 0 Å². The molecule has 0 radical (unpaired) electrons. The maximum Gasteiger partial charge on any atom is 0.235 e. The number of aliphatic imine (C=N–C) groups is 1. The van der Waals surface area contributed by atoms with E-state index in [1.54, 1.807) is 6.07 Å². The monoisotopic (exact) mass is 223 g/mol. The van der Waals surface area contributed by atoms with Crippen LogP contribution in [0.1, 0.15) is 30.4 Å². The molecule has 4 heteroatoms. The van der Waals surface area contributed by atoms with Gasteiger partial charge in [-0.15, -0.1) is 0 Å². The van der Waals surface area contributed by atoms with Crippen LogP contribution in [0.3, 0.4) is 0 Å². The van der Waals surface area contributed by atoms with E-state index in [1.807, 2.05) is 0 Å². The molecule has 1 aliphatic carbocycles. The van der Waals surface area contributed by atoms with Gasteiger partial charge in [0, 0.05) is 5.56 Å². The molecule has 0 spiro atoms. The van der Waals surface area contributed by atoms with Gasteiger partial charge in [-0.25, -0.2) is 13.6 Å². The third kappa shape index (κ3) is 1.55. The number of hydrogen-bond acceptors (Lipinski definition) is 2. The largest absolute Gasteiger partial charge is 0.246 e. The summed E-state index contributed by atoms with van der Waals surface area (Å²) in [4.78, 5) is 14.1. The van der Waals surface area contributed by atoms with Crippen molar-refractivity contribution >= 4 is 6.08 Å². The summed E-state index contributed by atoms with van der Waals surface area (Å²) in [5, 5.41) is 0. The first-order valence-corrected chi connectivity index (χ1v) is 5.16. The SMILES string of the molecule is O=C=NC1(c2cccc(F)c2CF)CCC1. The number of alkyl halides is 1. The standard InChI is InChI=1S/C12H11F2NO/c13-7-9-10(3-1-4-11(9)14)12(15-8-16)5-2-6-12/h1,3-4H,2,5-7H2. The van der Waals surface area contributed by atoms with Crippen molar-refractivity contribution in [3.8, 4) is 0 Å². The van der Waals surface area contributed by atoms with Crippen LogP contribution in [0.25, 0.3) is 0 Å². The molecule has 1 saturated carbocycles. The molecule has 0 atom stereocenters. The van der Waals surface area contributed by atoms with Crippen LogP contribution in [0.2, 0.25) is 0 Å². The van der Waals surface area contributed by atoms with E-state index in [-0.39, 0.29) is 5.56 Å². The topological polar surface area (TPSA) is 29.4 Å². The van der Waals surface area contributed by atoms with Crippen LogP contribution in [0.4, 0.5) is 8.78 Å².